The zero-order chi connectivity index (χ0) is 13.8. The fourth-order valence-corrected chi connectivity index (χ4v) is 3.85. The van der Waals surface area contributed by atoms with Gasteiger partial charge in [0.25, 0.3) is 0 Å². The molecule has 1 aliphatic rings. The molecule has 2 N–H and O–H groups in total. The first-order valence-corrected chi connectivity index (χ1v) is 8.15. The van der Waals surface area contributed by atoms with Gasteiger partial charge in [-0.15, -0.1) is 0 Å². The van der Waals surface area contributed by atoms with Gasteiger partial charge in [0, 0.05) is 23.6 Å². The van der Waals surface area contributed by atoms with E-state index in [1.165, 1.54) is 48.0 Å². The normalized spacial score (nSPS) is 22.4. The quantitative estimate of drug-likeness (QED) is 0.910. The lowest BCUT2D eigenvalue weighted by molar-refractivity contribution is 0.124. The molecule has 0 spiro atoms. The molecule has 0 aromatic heterocycles. The number of benzene rings is 1. The zero-order valence-electron chi connectivity index (χ0n) is 12.0. The molecule has 0 aliphatic carbocycles. The van der Waals surface area contributed by atoms with Crippen molar-refractivity contribution in [1.82, 2.24) is 4.90 Å². The average Bonchev–Trinajstić information content (AvgIpc) is 2.42. The van der Waals surface area contributed by atoms with Crippen LogP contribution in [0.15, 0.2) is 22.7 Å². The number of likely N-dealkylation sites (tertiary alicyclic amines) is 1. The largest absolute Gasteiger partial charge is 0.329 e. The van der Waals surface area contributed by atoms with Gasteiger partial charge in [-0.05, 0) is 49.4 Å². The maximum Gasteiger partial charge on any atom is 0.0481 e. The molecule has 0 saturated carbocycles. The predicted octanol–water partition coefficient (Wildman–Crippen LogP) is 3.88. The molecule has 106 valence electrons. The minimum absolute atomic E-state index is 0.351. The summed E-state index contributed by atoms with van der Waals surface area (Å²) in [5.74, 6) is 0.840. The highest BCUT2D eigenvalue weighted by atomic mass is 79.9. The molecular formula is C16H25BrN2. The predicted molar refractivity (Wildman–Crippen MR) is 85.3 cm³/mol. The molecule has 1 fully saturated rings. The van der Waals surface area contributed by atoms with Crippen LogP contribution in [0, 0.1) is 12.8 Å². The summed E-state index contributed by atoms with van der Waals surface area (Å²) in [4.78, 5) is 2.58. The van der Waals surface area contributed by atoms with Crippen LogP contribution in [0.25, 0.3) is 0 Å². The molecule has 19 heavy (non-hydrogen) atoms. The Morgan fingerprint density at radius 3 is 2.89 bits per heavy atom. The van der Waals surface area contributed by atoms with Crippen LogP contribution in [0.2, 0.25) is 0 Å². The number of hydrogen-bond donors (Lipinski definition) is 1. The highest BCUT2D eigenvalue weighted by molar-refractivity contribution is 9.10. The Morgan fingerprint density at radius 2 is 2.26 bits per heavy atom. The van der Waals surface area contributed by atoms with Crippen molar-refractivity contribution >= 4 is 15.9 Å². The summed E-state index contributed by atoms with van der Waals surface area (Å²) in [6, 6.07) is 6.96. The molecule has 0 radical (unpaired) electrons. The third-order valence-electron chi connectivity index (χ3n) is 4.31. The second-order valence-corrected chi connectivity index (χ2v) is 6.54. The van der Waals surface area contributed by atoms with Crippen LogP contribution in [0.4, 0.5) is 0 Å². The maximum absolute atomic E-state index is 6.07. The topological polar surface area (TPSA) is 29.3 Å². The molecule has 1 heterocycles. The molecular weight excluding hydrogens is 300 g/mol. The molecule has 2 rings (SSSR count). The molecule has 0 bridgehead atoms. The number of nitrogens with two attached hydrogens (primary N) is 1. The summed E-state index contributed by atoms with van der Waals surface area (Å²) in [5, 5.41) is 0. The number of hydrogen-bond acceptors (Lipinski definition) is 2. The van der Waals surface area contributed by atoms with E-state index in [0.29, 0.717) is 12.6 Å². The zero-order valence-corrected chi connectivity index (χ0v) is 13.6. The molecule has 0 amide bonds. The minimum atomic E-state index is 0.351. The van der Waals surface area contributed by atoms with Gasteiger partial charge in [0.15, 0.2) is 0 Å². The number of aryl methyl sites for hydroxylation is 1. The highest BCUT2D eigenvalue weighted by Crippen LogP contribution is 2.31. The van der Waals surface area contributed by atoms with E-state index in [1.54, 1.807) is 0 Å². The van der Waals surface area contributed by atoms with Crippen molar-refractivity contribution in [2.75, 3.05) is 19.6 Å². The Hall–Kier alpha value is -0.380. The van der Waals surface area contributed by atoms with E-state index in [9.17, 15) is 0 Å². The second kappa shape index (κ2) is 6.87. The van der Waals surface area contributed by atoms with Gasteiger partial charge in [-0.2, -0.15) is 0 Å². The van der Waals surface area contributed by atoms with Crippen molar-refractivity contribution in [2.45, 2.75) is 39.2 Å². The van der Waals surface area contributed by atoms with Crippen LogP contribution in [0.1, 0.15) is 43.4 Å². The Bertz CT molecular complexity index is 419. The summed E-state index contributed by atoms with van der Waals surface area (Å²) in [6.07, 6.45) is 3.96. The van der Waals surface area contributed by atoms with Crippen LogP contribution in [0.3, 0.4) is 0 Å². The van der Waals surface area contributed by atoms with E-state index in [1.807, 2.05) is 0 Å². The molecule has 1 aliphatic heterocycles. The van der Waals surface area contributed by atoms with Gasteiger partial charge in [-0.25, -0.2) is 0 Å². The van der Waals surface area contributed by atoms with Crippen molar-refractivity contribution in [2.24, 2.45) is 11.7 Å². The van der Waals surface area contributed by atoms with Crippen molar-refractivity contribution in [3.8, 4) is 0 Å². The molecule has 1 saturated heterocycles. The third kappa shape index (κ3) is 3.59. The first-order chi connectivity index (χ1) is 9.15. The van der Waals surface area contributed by atoms with Crippen LogP contribution < -0.4 is 5.73 Å². The van der Waals surface area contributed by atoms with Gasteiger partial charge in [-0.1, -0.05) is 41.4 Å². The smallest absolute Gasteiger partial charge is 0.0481 e. The van der Waals surface area contributed by atoms with E-state index < -0.39 is 0 Å². The van der Waals surface area contributed by atoms with E-state index in [-0.39, 0.29) is 0 Å². The van der Waals surface area contributed by atoms with E-state index in [2.05, 4.69) is 52.9 Å². The van der Waals surface area contributed by atoms with Gasteiger partial charge in [-0.3, -0.25) is 4.90 Å². The summed E-state index contributed by atoms with van der Waals surface area (Å²) < 4.78 is 1.20. The highest BCUT2D eigenvalue weighted by Gasteiger charge is 2.26. The molecule has 3 heteroatoms. The number of piperidine rings is 1. The molecule has 1 aromatic rings. The molecule has 2 atom stereocenters. The Balaban J connectivity index is 2.19. The molecule has 1 aromatic carbocycles. The lowest BCUT2D eigenvalue weighted by Crippen LogP contribution is -2.41. The molecule has 2 nitrogen and oxygen atoms in total. The monoisotopic (exact) mass is 324 g/mol. The lowest BCUT2D eigenvalue weighted by atomic mass is 9.93. The Labute approximate surface area is 125 Å². The fraction of sp³-hybridized carbons (Fsp3) is 0.625. The average molecular weight is 325 g/mol. The fourth-order valence-electron chi connectivity index (χ4n) is 3.09. The van der Waals surface area contributed by atoms with Gasteiger partial charge >= 0.3 is 0 Å². The summed E-state index contributed by atoms with van der Waals surface area (Å²) in [6.45, 7) is 7.49. The molecule has 2 unspecified atom stereocenters. The van der Waals surface area contributed by atoms with Gasteiger partial charge < -0.3 is 5.73 Å². The minimum Gasteiger partial charge on any atom is -0.329 e. The summed E-state index contributed by atoms with van der Waals surface area (Å²) in [7, 11) is 0. The van der Waals surface area contributed by atoms with Gasteiger partial charge in [0.2, 0.25) is 0 Å². The van der Waals surface area contributed by atoms with Crippen LogP contribution in [0.5, 0.6) is 0 Å². The Kier molecular flexibility index (Phi) is 5.43. The maximum atomic E-state index is 6.07. The SMILES string of the molecule is CCC1CCCN(C(CN)c2ccc(C)cc2Br)C1. The van der Waals surface area contributed by atoms with Crippen LogP contribution in [-0.2, 0) is 0 Å². The summed E-state index contributed by atoms with van der Waals surface area (Å²) in [5.41, 5.74) is 8.69. The third-order valence-corrected chi connectivity index (χ3v) is 4.99. The first-order valence-electron chi connectivity index (χ1n) is 7.35. The van der Waals surface area contributed by atoms with Crippen molar-refractivity contribution < 1.29 is 0 Å². The van der Waals surface area contributed by atoms with E-state index in [0.717, 1.165) is 5.92 Å². The standard InChI is InChI=1S/C16H25BrN2/c1-3-13-5-4-8-19(11-13)16(10-18)14-7-6-12(2)9-15(14)17/h6-7,9,13,16H,3-5,8,10-11,18H2,1-2H3. The van der Waals surface area contributed by atoms with Gasteiger partial charge in [0.1, 0.15) is 0 Å². The van der Waals surface area contributed by atoms with Crippen molar-refractivity contribution in [1.29, 1.82) is 0 Å². The second-order valence-electron chi connectivity index (χ2n) is 5.69. The number of rotatable bonds is 4. The lowest BCUT2D eigenvalue weighted by Gasteiger charge is -2.38. The number of nitrogens with zero attached hydrogens (tertiary/aromatic N) is 1. The first kappa shape index (κ1) is 15.0. The van der Waals surface area contributed by atoms with Crippen molar-refractivity contribution in [3.05, 3.63) is 33.8 Å². The Morgan fingerprint density at radius 1 is 1.47 bits per heavy atom. The van der Waals surface area contributed by atoms with Crippen molar-refractivity contribution in [3.63, 3.8) is 0 Å². The van der Waals surface area contributed by atoms with Crippen LogP contribution >= 0.6 is 15.9 Å². The van der Waals surface area contributed by atoms with Gasteiger partial charge in [0.05, 0.1) is 0 Å². The van der Waals surface area contributed by atoms with Crippen LogP contribution in [-0.4, -0.2) is 24.5 Å². The summed E-state index contributed by atoms with van der Waals surface area (Å²) >= 11 is 3.71. The number of halogens is 1. The van der Waals surface area contributed by atoms with E-state index >= 15 is 0 Å². The van der Waals surface area contributed by atoms with E-state index in [4.69, 9.17) is 5.73 Å².